The van der Waals surface area contributed by atoms with Crippen LogP contribution in [0, 0.1) is 24.7 Å². The molecule has 2 fully saturated rings. The number of ketones is 1. The number of aromatic nitrogens is 4. The summed E-state index contributed by atoms with van der Waals surface area (Å²) >= 11 is 6.76. The molecule has 1 N–H and O–H groups in total. The summed E-state index contributed by atoms with van der Waals surface area (Å²) in [7, 11) is 1.91. The van der Waals surface area contributed by atoms with E-state index in [0.29, 0.717) is 33.9 Å². The number of rotatable bonds is 4. The molecule has 2 aliphatic rings. The molecule has 0 radical (unpaired) electrons. The minimum atomic E-state index is -0.196. The molecule has 2 saturated carbocycles. The van der Waals surface area contributed by atoms with Gasteiger partial charge in [0.1, 0.15) is 16.5 Å². The van der Waals surface area contributed by atoms with E-state index in [0.717, 1.165) is 35.2 Å². The number of aryl methyl sites for hydroxylation is 2. The van der Waals surface area contributed by atoms with E-state index in [4.69, 9.17) is 16.6 Å². The summed E-state index contributed by atoms with van der Waals surface area (Å²) in [5.74, 6) is 0.758. The molecule has 162 valence electrons. The second kappa shape index (κ2) is 7.02. The fraction of sp³-hybridized carbons (Fsp3) is 0.320. The molecule has 2 unspecified atom stereocenters. The van der Waals surface area contributed by atoms with E-state index in [-0.39, 0.29) is 17.8 Å². The first-order valence-corrected chi connectivity index (χ1v) is 11.3. The van der Waals surface area contributed by atoms with Gasteiger partial charge in [0.25, 0.3) is 0 Å². The molecular formula is C25H23ClN4O2. The maximum atomic E-state index is 13.0. The number of aliphatic hydroxyl groups excluding tert-OH is 1. The summed E-state index contributed by atoms with van der Waals surface area (Å²) in [4.78, 5) is 17.9. The molecule has 0 aliphatic heterocycles. The molecule has 6 rings (SSSR count). The molecule has 3 heterocycles. The van der Waals surface area contributed by atoms with E-state index in [1.54, 1.807) is 4.68 Å². The van der Waals surface area contributed by atoms with Crippen LogP contribution < -0.4 is 0 Å². The number of carbonyl (C=O) groups excluding carboxylic acids is 1. The quantitative estimate of drug-likeness (QED) is 0.466. The molecule has 0 saturated heterocycles. The van der Waals surface area contributed by atoms with Crippen molar-refractivity contribution in [2.75, 3.05) is 0 Å². The third-order valence-electron chi connectivity index (χ3n) is 7.11. The van der Waals surface area contributed by atoms with Crippen molar-refractivity contribution in [1.82, 2.24) is 19.2 Å². The van der Waals surface area contributed by atoms with Crippen LogP contribution in [0.5, 0.6) is 0 Å². The molecule has 0 bridgehead atoms. The van der Waals surface area contributed by atoms with Gasteiger partial charge in [-0.25, -0.2) is 4.98 Å². The van der Waals surface area contributed by atoms with Crippen LogP contribution in [0.1, 0.15) is 28.9 Å². The van der Waals surface area contributed by atoms with Gasteiger partial charge in [0.15, 0.2) is 5.78 Å². The fourth-order valence-electron chi connectivity index (χ4n) is 5.38. The van der Waals surface area contributed by atoms with Gasteiger partial charge in [-0.15, -0.1) is 0 Å². The molecule has 4 aromatic rings. The highest BCUT2D eigenvalue weighted by Crippen LogP contribution is 2.55. The number of Topliss-reactive ketones (excluding diaryl/α,β-unsaturated/α-hetero) is 1. The Morgan fingerprint density at radius 2 is 1.84 bits per heavy atom. The molecule has 2 aliphatic carbocycles. The monoisotopic (exact) mass is 446 g/mol. The lowest BCUT2D eigenvalue weighted by atomic mass is 9.93. The Morgan fingerprint density at radius 1 is 1.12 bits per heavy atom. The van der Waals surface area contributed by atoms with Gasteiger partial charge in [0.05, 0.1) is 11.8 Å². The highest BCUT2D eigenvalue weighted by Gasteiger charge is 2.56. The first kappa shape index (κ1) is 19.7. The SMILES string of the molecule is Cc1nn(C)cc1-c1ccccc1-c1nc2cc(C(=O)C3C[C@@H]4C(O)[C@@H]4C3)ccn2c1Cl. The Labute approximate surface area is 190 Å². The predicted molar refractivity (Wildman–Crippen MR) is 123 cm³/mol. The van der Waals surface area contributed by atoms with Crippen LogP contribution in [0.25, 0.3) is 28.0 Å². The number of hydrogen-bond donors (Lipinski definition) is 1. The minimum absolute atomic E-state index is 0.00460. The lowest BCUT2D eigenvalue weighted by molar-refractivity contribution is 0.0899. The largest absolute Gasteiger partial charge is 0.393 e. The molecule has 32 heavy (non-hydrogen) atoms. The first-order chi connectivity index (χ1) is 15.4. The molecule has 6 nitrogen and oxygen atoms in total. The molecular weight excluding hydrogens is 424 g/mol. The predicted octanol–water partition coefficient (Wildman–Crippen LogP) is 4.56. The van der Waals surface area contributed by atoms with Crippen LogP contribution in [0.2, 0.25) is 5.15 Å². The van der Waals surface area contributed by atoms with Crippen molar-refractivity contribution in [2.24, 2.45) is 24.8 Å². The van der Waals surface area contributed by atoms with E-state index in [2.05, 4.69) is 11.2 Å². The molecule has 1 aromatic carbocycles. The maximum Gasteiger partial charge on any atom is 0.166 e. The standard InChI is InChI=1S/C25H23ClN4O2/c1-13-20(12-29(2)28-13)16-5-3-4-6-17(16)22-25(26)30-8-7-14(11-21(30)27-22)23(31)15-9-18-19(10-15)24(18)32/h3-8,11-12,15,18-19,24,32H,9-10H2,1-2H3/t15?,18-,19+,24?. The van der Waals surface area contributed by atoms with E-state index in [9.17, 15) is 9.90 Å². The molecule has 0 spiro atoms. The van der Waals surface area contributed by atoms with Gasteiger partial charge in [-0.05, 0) is 49.3 Å². The summed E-state index contributed by atoms with van der Waals surface area (Å²) in [5.41, 5.74) is 5.90. The van der Waals surface area contributed by atoms with Crippen LogP contribution >= 0.6 is 11.6 Å². The van der Waals surface area contributed by atoms with Crippen LogP contribution in [0.4, 0.5) is 0 Å². The molecule has 4 atom stereocenters. The number of pyridine rings is 1. The summed E-state index contributed by atoms with van der Waals surface area (Å²) in [6.07, 6.45) is 5.20. The van der Waals surface area contributed by atoms with Crippen molar-refractivity contribution in [1.29, 1.82) is 0 Å². The van der Waals surface area contributed by atoms with Gasteiger partial charge in [0.2, 0.25) is 0 Å². The lowest BCUT2D eigenvalue weighted by Crippen LogP contribution is -2.15. The van der Waals surface area contributed by atoms with Crippen molar-refractivity contribution in [2.45, 2.75) is 25.9 Å². The molecule has 3 aromatic heterocycles. The normalized spacial score (nSPS) is 24.1. The van der Waals surface area contributed by atoms with Gasteiger partial charge in [-0.2, -0.15) is 5.10 Å². The second-order valence-electron chi connectivity index (χ2n) is 9.09. The lowest BCUT2D eigenvalue weighted by Gasteiger charge is -2.11. The molecule has 7 heteroatoms. The Morgan fingerprint density at radius 3 is 2.53 bits per heavy atom. The van der Waals surface area contributed by atoms with Crippen molar-refractivity contribution in [3.05, 3.63) is 65.2 Å². The first-order valence-electron chi connectivity index (χ1n) is 10.9. The van der Waals surface area contributed by atoms with Crippen molar-refractivity contribution in [3.8, 4) is 22.4 Å². The van der Waals surface area contributed by atoms with Crippen molar-refractivity contribution >= 4 is 23.0 Å². The average Bonchev–Trinajstić information content (AvgIpc) is 3.18. The van der Waals surface area contributed by atoms with Crippen LogP contribution in [0.15, 0.2) is 48.8 Å². The van der Waals surface area contributed by atoms with E-state index in [1.807, 2.05) is 61.1 Å². The fourth-order valence-corrected chi connectivity index (χ4v) is 5.67. The average molecular weight is 447 g/mol. The van der Waals surface area contributed by atoms with Crippen LogP contribution in [-0.2, 0) is 7.05 Å². The van der Waals surface area contributed by atoms with Crippen molar-refractivity contribution in [3.63, 3.8) is 0 Å². The van der Waals surface area contributed by atoms with Gasteiger partial charge in [-0.1, -0.05) is 35.9 Å². The van der Waals surface area contributed by atoms with Gasteiger partial charge in [0, 0.05) is 42.0 Å². The number of nitrogens with zero attached hydrogens (tertiary/aromatic N) is 4. The van der Waals surface area contributed by atoms with E-state index in [1.165, 1.54) is 0 Å². The number of fused-ring (bicyclic) bond motifs is 2. The highest BCUT2D eigenvalue weighted by molar-refractivity contribution is 6.32. The number of imidazole rings is 1. The zero-order valence-corrected chi connectivity index (χ0v) is 18.6. The Bertz CT molecular complexity index is 1380. The zero-order chi connectivity index (χ0) is 22.1. The number of halogens is 1. The van der Waals surface area contributed by atoms with Gasteiger partial charge in [-0.3, -0.25) is 13.9 Å². The number of carbonyl (C=O) groups is 1. The van der Waals surface area contributed by atoms with E-state index >= 15 is 0 Å². The minimum Gasteiger partial charge on any atom is -0.393 e. The van der Waals surface area contributed by atoms with E-state index < -0.39 is 0 Å². The van der Waals surface area contributed by atoms with Crippen molar-refractivity contribution < 1.29 is 9.90 Å². The third kappa shape index (κ3) is 2.93. The number of aliphatic hydroxyl groups is 1. The Hall–Kier alpha value is -2.96. The highest BCUT2D eigenvalue weighted by atomic mass is 35.5. The zero-order valence-electron chi connectivity index (χ0n) is 17.9. The Balaban J connectivity index is 1.39. The topological polar surface area (TPSA) is 72.4 Å². The smallest absolute Gasteiger partial charge is 0.166 e. The maximum absolute atomic E-state index is 13.0. The summed E-state index contributed by atoms with van der Waals surface area (Å²) < 4.78 is 3.62. The third-order valence-corrected chi connectivity index (χ3v) is 7.47. The molecule has 0 amide bonds. The second-order valence-corrected chi connectivity index (χ2v) is 9.45. The summed E-state index contributed by atoms with van der Waals surface area (Å²) in [6.45, 7) is 1.99. The number of benzene rings is 1. The summed E-state index contributed by atoms with van der Waals surface area (Å²) in [5, 5.41) is 14.8. The van der Waals surface area contributed by atoms with Gasteiger partial charge >= 0.3 is 0 Å². The number of hydrogen-bond acceptors (Lipinski definition) is 4. The van der Waals surface area contributed by atoms with Gasteiger partial charge < -0.3 is 5.11 Å². The summed E-state index contributed by atoms with van der Waals surface area (Å²) in [6, 6.07) is 11.7. The van der Waals surface area contributed by atoms with Crippen LogP contribution in [0.3, 0.4) is 0 Å². The van der Waals surface area contributed by atoms with Crippen LogP contribution in [-0.4, -0.2) is 36.2 Å². The Kier molecular flexibility index (Phi) is 4.32.